The van der Waals surface area contributed by atoms with Gasteiger partial charge >= 0.3 is 24.1 Å². The van der Waals surface area contributed by atoms with E-state index in [4.69, 9.17) is 42.6 Å². The van der Waals surface area contributed by atoms with Crippen molar-refractivity contribution in [2.24, 2.45) is 37.2 Å². The molecule has 0 saturated heterocycles. The number of nitrogens with one attached hydrogen (secondary N) is 9. The van der Waals surface area contributed by atoms with E-state index in [1.165, 1.54) is 40.1 Å². The van der Waals surface area contributed by atoms with Crippen molar-refractivity contribution in [2.75, 3.05) is 52.4 Å². The van der Waals surface area contributed by atoms with Gasteiger partial charge in [0.05, 0.1) is 6.42 Å². The van der Waals surface area contributed by atoms with Gasteiger partial charge in [0.25, 0.3) is 0 Å². The molecule has 16 N–H and O–H groups in total. The average Bonchev–Trinajstić information content (AvgIpc) is 3.32. The number of hydrazone groups is 2. The van der Waals surface area contributed by atoms with Crippen LogP contribution in [0.5, 0.6) is 0 Å². The van der Waals surface area contributed by atoms with Gasteiger partial charge in [0.2, 0.25) is 41.4 Å². The molecular formula is C39H77F3N22O13. The van der Waals surface area contributed by atoms with Crippen LogP contribution in [0.1, 0.15) is 107 Å². The summed E-state index contributed by atoms with van der Waals surface area (Å²) in [6.07, 6.45) is 3.27. The van der Waals surface area contributed by atoms with Gasteiger partial charge in [-0.15, -0.1) is 6.58 Å². The predicted octanol–water partition coefficient (Wildman–Crippen LogP) is 1.72. The van der Waals surface area contributed by atoms with Crippen LogP contribution in [-0.4, -0.2) is 146 Å². The second-order valence-corrected chi connectivity index (χ2v) is 12.8. The molecular weight excluding hydrogens is 1040 g/mol. The Hall–Kier alpha value is -8.66. The van der Waals surface area contributed by atoms with E-state index >= 15 is 0 Å². The van der Waals surface area contributed by atoms with E-state index in [1.807, 2.05) is 5.43 Å². The van der Waals surface area contributed by atoms with Crippen LogP contribution in [0.4, 0.5) is 13.2 Å². The summed E-state index contributed by atoms with van der Waals surface area (Å²) in [6, 6.07) is 0. The molecule has 0 aromatic heterocycles. The third kappa shape index (κ3) is 113. The Balaban J connectivity index is -0.000000103. The summed E-state index contributed by atoms with van der Waals surface area (Å²) in [6.45, 7) is 11.8. The molecule has 0 fully saturated rings. The number of nitrogens with two attached hydrogens (primary N) is 2. The number of carboxylic acids is 3. The number of hydrogen-bond acceptors (Lipinski definition) is 19. The molecule has 0 aliphatic heterocycles. The normalized spacial score (nSPS) is 9.00. The van der Waals surface area contributed by atoms with Crippen LogP contribution in [0.15, 0.2) is 38.2 Å². The van der Waals surface area contributed by atoms with Crippen molar-refractivity contribution < 1.29 is 76.4 Å². The standard InChI is InChI=1S/C8H16N6O2.C8H14N6O2.C6H14N6O.C6H10N2O3.C5H8O2.C2HF3O2.C2H6N2O.2CH4/c2*1-7(15)13-11-4-2-3-8(16)10-5-6-12-14-9;7-10-3-1-2-6(13)9-4-5-11-12-8;1-5(9)8-7-4-2-3-6(10)11;1-2-3-4-5(6)7;3-2(4,5)1(6)7;1-2(5)4-3;;/h11H,2-6H2,1H3,(H,10,16)(H,13,15);4H,2-3,5-6H2,1H3,(H,10,16)(H,13,15);10H,1-5,7H2,(H,9,13);4H,2-3H2,1H3,(H,8,9)(H,10,11);2H,1,3-4H2,(H,6,7);(H,6,7);3H2,1H3,(H,4,5);2*1H4/b;11-4+;;7-4+;;;;;. The van der Waals surface area contributed by atoms with Gasteiger partial charge in [0.1, 0.15) is 0 Å². The van der Waals surface area contributed by atoms with E-state index in [1.54, 1.807) is 6.08 Å². The van der Waals surface area contributed by atoms with Gasteiger partial charge in [-0.05, 0) is 48.7 Å². The minimum Gasteiger partial charge on any atom is -0.481 e. The number of carbonyl (C=O) groups is 10. The summed E-state index contributed by atoms with van der Waals surface area (Å²) in [5.74, 6) is 3.98. The lowest BCUT2D eigenvalue weighted by Gasteiger charge is -2.05. The SMILES string of the molecule is C.C.C=CCCC(=O)O.CC(=O)N/N=C/CCC(=O)NCCN=[N+]=[N-].CC(=O)N/N=C/CCC(=O)O.CC(=O)NN.CC(=O)NNCCCC(=O)NCCN=[N+]=[N-].O=C(O)C(F)(F)F.[N-]=[N+]=NCCNC(=O)CCCNN. The predicted molar refractivity (Wildman–Crippen MR) is 276 cm³/mol. The third-order valence-corrected chi connectivity index (χ3v) is 6.11. The second-order valence-electron chi connectivity index (χ2n) is 12.8. The number of rotatable bonds is 29. The molecule has 35 nitrogen and oxygen atoms in total. The van der Waals surface area contributed by atoms with Gasteiger partial charge in [-0.3, -0.25) is 65.3 Å². The Bertz CT molecular complexity index is 1860. The number of alkyl halides is 3. The van der Waals surface area contributed by atoms with Gasteiger partial charge < -0.3 is 31.3 Å². The molecule has 0 aliphatic carbocycles. The van der Waals surface area contributed by atoms with E-state index < -0.39 is 24.1 Å². The summed E-state index contributed by atoms with van der Waals surface area (Å²) in [5.41, 5.74) is 37.7. The Morgan fingerprint density at radius 1 is 0.558 bits per heavy atom. The van der Waals surface area contributed by atoms with Gasteiger partial charge in [0.15, 0.2) is 0 Å². The number of amides is 7. The van der Waals surface area contributed by atoms with E-state index in [2.05, 4.69) is 95.8 Å². The second kappa shape index (κ2) is 69.4. The number of hydrazine groups is 3. The van der Waals surface area contributed by atoms with Crippen molar-refractivity contribution in [1.82, 2.24) is 48.5 Å². The molecule has 0 rings (SSSR count). The van der Waals surface area contributed by atoms with Crippen molar-refractivity contribution in [3.8, 4) is 0 Å². The molecule has 7 amide bonds. The highest BCUT2D eigenvalue weighted by molar-refractivity contribution is 5.79. The molecule has 0 heterocycles. The van der Waals surface area contributed by atoms with Crippen LogP contribution < -0.4 is 60.2 Å². The average molecular weight is 1120 g/mol. The van der Waals surface area contributed by atoms with Crippen LogP contribution in [0.2, 0.25) is 0 Å². The number of aliphatic carboxylic acids is 3. The van der Waals surface area contributed by atoms with E-state index in [0.717, 1.165) is 0 Å². The van der Waals surface area contributed by atoms with E-state index in [9.17, 15) is 56.3 Å². The van der Waals surface area contributed by atoms with Gasteiger partial charge in [0, 0.05) is 133 Å². The maximum Gasteiger partial charge on any atom is 0.490 e. The lowest BCUT2D eigenvalue weighted by atomic mass is 10.3. The topological polar surface area (TPSA) is 563 Å². The number of allylic oxidation sites excluding steroid dienone is 1. The number of nitrogens with zero attached hydrogens (tertiary/aromatic N) is 11. The van der Waals surface area contributed by atoms with Crippen LogP contribution in [0, 0.1) is 0 Å². The van der Waals surface area contributed by atoms with Crippen LogP contribution in [0.25, 0.3) is 31.3 Å². The zero-order chi connectivity index (χ0) is 59.1. The first kappa shape index (κ1) is 88.0. The summed E-state index contributed by atoms with van der Waals surface area (Å²) in [7, 11) is 0. The molecule has 77 heavy (non-hydrogen) atoms. The Kier molecular flexibility index (Phi) is 79.3. The Labute approximate surface area is 442 Å². The highest BCUT2D eigenvalue weighted by Gasteiger charge is 2.38. The molecule has 0 aromatic carbocycles. The number of halogens is 3. The molecule has 0 bridgehead atoms. The lowest BCUT2D eigenvalue weighted by molar-refractivity contribution is -0.192. The quantitative estimate of drug-likeness (QED) is 0.00583. The lowest BCUT2D eigenvalue weighted by Crippen LogP contribution is -2.36. The van der Waals surface area contributed by atoms with Crippen molar-refractivity contribution in [2.45, 2.75) is 113 Å². The fourth-order valence-electron chi connectivity index (χ4n) is 3.02. The monoisotopic (exact) mass is 1120 g/mol. The molecule has 0 atom stereocenters. The third-order valence-electron chi connectivity index (χ3n) is 6.11. The van der Waals surface area contributed by atoms with Crippen molar-refractivity contribution in [3.63, 3.8) is 0 Å². The van der Waals surface area contributed by atoms with Crippen molar-refractivity contribution in [3.05, 3.63) is 44.0 Å². The summed E-state index contributed by atoms with van der Waals surface area (Å²) in [4.78, 5) is 110. The molecule has 0 aliphatic rings. The maximum atomic E-state index is 11.1. The van der Waals surface area contributed by atoms with Gasteiger partial charge in [-0.2, -0.15) is 23.4 Å². The number of hydrogen-bond donors (Lipinski definition) is 14. The highest BCUT2D eigenvalue weighted by Crippen LogP contribution is 2.13. The van der Waals surface area contributed by atoms with Gasteiger partial charge in [-0.1, -0.05) is 36.3 Å². The summed E-state index contributed by atoms with van der Waals surface area (Å²) < 4.78 is 31.7. The zero-order valence-corrected chi connectivity index (χ0v) is 41.8. The van der Waals surface area contributed by atoms with Crippen LogP contribution in [-0.2, 0) is 47.9 Å². The Morgan fingerprint density at radius 3 is 1.17 bits per heavy atom. The minimum atomic E-state index is -5.08. The number of carbonyl (C=O) groups excluding carboxylic acids is 7. The maximum absolute atomic E-state index is 11.1. The van der Waals surface area contributed by atoms with Gasteiger partial charge in [-0.25, -0.2) is 26.9 Å². The summed E-state index contributed by atoms with van der Waals surface area (Å²) in [5, 5.41) is 47.9. The van der Waals surface area contributed by atoms with Crippen molar-refractivity contribution in [1.29, 1.82) is 0 Å². The van der Waals surface area contributed by atoms with E-state index in [0.29, 0.717) is 77.7 Å². The molecule has 442 valence electrons. The van der Waals surface area contributed by atoms with Crippen molar-refractivity contribution >= 4 is 71.7 Å². The fourth-order valence-corrected chi connectivity index (χ4v) is 3.02. The van der Waals surface area contributed by atoms with Crippen LogP contribution in [0.3, 0.4) is 0 Å². The van der Waals surface area contributed by atoms with E-state index in [-0.39, 0.29) is 95.1 Å². The first-order chi connectivity index (χ1) is 35.2. The Morgan fingerprint density at radius 2 is 0.896 bits per heavy atom. The first-order valence-electron chi connectivity index (χ1n) is 21.4. The largest absolute Gasteiger partial charge is 0.490 e. The molecule has 0 aromatic rings. The highest BCUT2D eigenvalue weighted by atomic mass is 19.4. The fraction of sp³-hybridized carbons (Fsp3) is 0.641. The molecule has 38 heteroatoms. The van der Waals surface area contributed by atoms with Crippen LogP contribution >= 0.6 is 0 Å². The smallest absolute Gasteiger partial charge is 0.481 e. The zero-order valence-electron chi connectivity index (χ0n) is 41.8. The molecule has 0 radical (unpaired) electrons. The molecule has 0 spiro atoms. The number of carboxylic acid groups (broad SMARTS) is 3. The summed E-state index contributed by atoms with van der Waals surface area (Å²) >= 11 is 0. The molecule has 0 unspecified atom stereocenters. The first-order valence-corrected chi connectivity index (χ1v) is 21.4. The molecule has 0 saturated carbocycles. The number of azide groups is 3. The minimum absolute atomic E-state index is 0.